The molecule has 0 amide bonds. The van der Waals surface area contributed by atoms with E-state index in [1.54, 1.807) is 0 Å². The highest BCUT2D eigenvalue weighted by Crippen LogP contribution is 2.26. The van der Waals surface area contributed by atoms with E-state index >= 15 is 0 Å². The SMILES string of the molecule is Cc1cc(CN2CC(c3ccccc3)NCC2C)sc1C. The number of nitrogens with one attached hydrogen (secondary N) is 1. The van der Waals surface area contributed by atoms with Crippen molar-refractivity contribution >= 4 is 11.3 Å². The van der Waals surface area contributed by atoms with Gasteiger partial charge in [-0.3, -0.25) is 4.90 Å². The van der Waals surface area contributed by atoms with Crippen LogP contribution in [-0.2, 0) is 6.54 Å². The summed E-state index contributed by atoms with van der Waals surface area (Å²) in [6, 6.07) is 14.2. The first-order valence-corrected chi connectivity index (χ1v) is 8.53. The number of piperazine rings is 1. The molecule has 1 aliphatic heterocycles. The van der Waals surface area contributed by atoms with Crippen molar-refractivity contribution in [2.75, 3.05) is 13.1 Å². The van der Waals surface area contributed by atoms with Gasteiger partial charge in [-0.2, -0.15) is 0 Å². The Morgan fingerprint density at radius 1 is 1.24 bits per heavy atom. The van der Waals surface area contributed by atoms with Gasteiger partial charge in [-0.15, -0.1) is 11.3 Å². The molecule has 1 saturated heterocycles. The average Bonchev–Trinajstić information content (AvgIpc) is 2.80. The number of nitrogens with zero attached hydrogens (tertiary/aromatic N) is 1. The van der Waals surface area contributed by atoms with E-state index in [0.29, 0.717) is 12.1 Å². The second kappa shape index (κ2) is 6.30. The molecule has 2 unspecified atom stereocenters. The summed E-state index contributed by atoms with van der Waals surface area (Å²) in [5.41, 5.74) is 2.82. The van der Waals surface area contributed by atoms with Gasteiger partial charge >= 0.3 is 0 Å². The molecule has 1 aliphatic rings. The molecule has 1 N–H and O–H groups in total. The first kappa shape index (κ1) is 14.8. The quantitative estimate of drug-likeness (QED) is 0.925. The van der Waals surface area contributed by atoms with Crippen LogP contribution < -0.4 is 5.32 Å². The number of rotatable bonds is 3. The zero-order valence-corrected chi connectivity index (χ0v) is 13.9. The molecule has 2 heterocycles. The van der Waals surface area contributed by atoms with Gasteiger partial charge in [0.05, 0.1) is 0 Å². The summed E-state index contributed by atoms with van der Waals surface area (Å²) < 4.78 is 0. The van der Waals surface area contributed by atoms with Gasteiger partial charge in [-0.1, -0.05) is 30.3 Å². The first-order valence-electron chi connectivity index (χ1n) is 7.72. The minimum absolute atomic E-state index is 0.449. The molecule has 0 bridgehead atoms. The average molecular weight is 300 g/mol. The van der Waals surface area contributed by atoms with Crippen molar-refractivity contribution in [1.82, 2.24) is 10.2 Å². The summed E-state index contributed by atoms with van der Waals surface area (Å²) in [5, 5.41) is 3.68. The van der Waals surface area contributed by atoms with Crippen molar-refractivity contribution in [2.24, 2.45) is 0 Å². The smallest absolute Gasteiger partial charge is 0.0450 e. The summed E-state index contributed by atoms with van der Waals surface area (Å²) in [6.07, 6.45) is 0. The molecular formula is C18H24N2S. The molecule has 0 aliphatic carbocycles. The minimum Gasteiger partial charge on any atom is -0.307 e. The van der Waals surface area contributed by atoms with E-state index in [0.717, 1.165) is 19.6 Å². The Kier molecular flexibility index (Phi) is 4.43. The summed E-state index contributed by atoms with van der Waals surface area (Å²) in [7, 11) is 0. The lowest BCUT2D eigenvalue weighted by Crippen LogP contribution is -2.50. The van der Waals surface area contributed by atoms with Gasteiger partial charge in [0.15, 0.2) is 0 Å². The molecule has 3 rings (SSSR count). The van der Waals surface area contributed by atoms with E-state index in [1.807, 2.05) is 11.3 Å². The number of hydrogen-bond donors (Lipinski definition) is 1. The molecule has 0 radical (unpaired) electrons. The topological polar surface area (TPSA) is 15.3 Å². The fraction of sp³-hybridized carbons (Fsp3) is 0.444. The normalized spacial score (nSPS) is 23.4. The Hall–Kier alpha value is -1.16. The van der Waals surface area contributed by atoms with Crippen molar-refractivity contribution in [2.45, 2.75) is 39.4 Å². The molecule has 1 aromatic heterocycles. The Labute approximate surface area is 131 Å². The molecule has 3 heteroatoms. The Bertz CT molecular complexity index is 571. The molecule has 2 nitrogen and oxygen atoms in total. The first-order chi connectivity index (χ1) is 10.1. The number of thiophene rings is 1. The van der Waals surface area contributed by atoms with Crippen molar-refractivity contribution in [1.29, 1.82) is 0 Å². The summed E-state index contributed by atoms with van der Waals surface area (Å²) in [5.74, 6) is 0. The molecule has 2 atom stereocenters. The lowest BCUT2D eigenvalue weighted by atomic mass is 10.0. The Morgan fingerprint density at radius 2 is 2.00 bits per heavy atom. The zero-order valence-electron chi connectivity index (χ0n) is 13.1. The molecule has 0 spiro atoms. The van der Waals surface area contributed by atoms with Gasteiger partial charge in [0.1, 0.15) is 0 Å². The molecule has 2 aromatic rings. The Morgan fingerprint density at radius 3 is 2.67 bits per heavy atom. The van der Waals surface area contributed by atoms with Crippen LogP contribution in [0.1, 0.15) is 33.8 Å². The highest BCUT2D eigenvalue weighted by Gasteiger charge is 2.26. The predicted molar refractivity (Wildman–Crippen MR) is 90.9 cm³/mol. The summed E-state index contributed by atoms with van der Waals surface area (Å²) in [6.45, 7) is 9.97. The van der Waals surface area contributed by atoms with Crippen LogP contribution in [0.4, 0.5) is 0 Å². The number of benzene rings is 1. The molecule has 21 heavy (non-hydrogen) atoms. The molecule has 1 aromatic carbocycles. The minimum atomic E-state index is 0.449. The third-order valence-corrected chi connectivity index (χ3v) is 5.62. The van der Waals surface area contributed by atoms with E-state index in [2.05, 4.69) is 67.4 Å². The van der Waals surface area contributed by atoms with Crippen molar-refractivity contribution in [3.63, 3.8) is 0 Å². The third kappa shape index (κ3) is 3.37. The molecule has 0 saturated carbocycles. The Balaban J connectivity index is 1.72. The summed E-state index contributed by atoms with van der Waals surface area (Å²) >= 11 is 1.95. The number of hydrogen-bond acceptors (Lipinski definition) is 3. The van der Waals surface area contributed by atoms with E-state index in [4.69, 9.17) is 0 Å². The fourth-order valence-electron chi connectivity index (χ4n) is 2.98. The van der Waals surface area contributed by atoms with Gasteiger partial charge in [-0.25, -0.2) is 0 Å². The van der Waals surface area contributed by atoms with Crippen LogP contribution in [0.15, 0.2) is 36.4 Å². The highest BCUT2D eigenvalue weighted by atomic mass is 32.1. The van der Waals surface area contributed by atoms with Crippen molar-refractivity contribution in [3.05, 3.63) is 57.3 Å². The highest BCUT2D eigenvalue weighted by molar-refractivity contribution is 7.12. The monoisotopic (exact) mass is 300 g/mol. The third-order valence-electron chi connectivity index (χ3n) is 4.48. The van der Waals surface area contributed by atoms with Crippen LogP contribution in [0.3, 0.4) is 0 Å². The fourth-order valence-corrected chi connectivity index (χ4v) is 4.06. The maximum atomic E-state index is 3.68. The van der Waals surface area contributed by atoms with E-state index in [9.17, 15) is 0 Å². The van der Waals surface area contributed by atoms with Gasteiger partial charge in [0.2, 0.25) is 0 Å². The number of aryl methyl sites for hydroxylation is 2. The maximum Gasteiger partial charge on any atom is 0.0450 e. The van der Waals surface area contributed by atoms with E-state index in [-0.39, 0.29) is 0 Å². The second-order valence-electron chi connectivity index (χ2n) is 6.10. The van der Waals surface area contributed by atoms with Gasteiger partial charge in [0, 0.05) is 41.5 Å². The van der Waals surface area contributed by atoms with Crippen LogP contribution in [0.5, 0.6) is 0 Å². The van der Waals surface area contributed by atoms with Crippen LogP contribution in [-0.4, -0.2) is 24.0 Å². The van der Waals surface area contributed by atoms with Crippen molar-refractivity contribution in [3.8, 4) is 0 Å². The lowest BCUT2D eigenvalue weighted by molar-refractivity contribution is 0.134. The van der Waals surface area contributed by atoms with Crippen molar-refractivity contribution < 1.29 is 0 Å². The van der Waals surface area contributed by atoms with Gasteiger partial charge in [0.25, 0.3) is 0 Å². The molecule has 1 fully saturated rings. The van der Waals surface area contributed by atoms with Gasteiger partial charge in [-0.05, 0) is 38.0 Å². The van der Waals surface area contributed by atoms with Crippen LogP contribution in [0, 0.1) is 13.8 Å². The van der Waals surface area contributed by atoms with Crippen LogP contribution in [0.2, 0.25) is 0 Å². The lowest BCUT2D eigenvalue weighted by Gasteiger charge is -2.38. The molecular weight excluding hydrogens is 276 g/mol. The van der Waals surface area contributed by atoms with Gasteiger partial charge < -0.3 is 5.32 Å². The maximum absolute atomic E-state index is 3.68. The standard InChI is InChI=1S/C18H24N2S/c1-13-9-17(21-15(13)3)11-20-12-18(19-10-14(20)2)16-7-5-4-6-8-16/h4-9,14,18-19H,10-12H2,1-3H3. The zero-order chi connectivity index (χ0) is 14.8. The predicted octanol–water partition coefficient (Wildman–Crippen LogP) is 3.90. The molecule has 112 valence electrons. The largest absolute Gasteiger partial charge is 0.307 e. The van der Waals surface area contributed by atoms with E-state index < -0.39 is 0 Å². The van der Waals surface area contributed by atoms with E-state index in [1.165, 1.54) is 20.9 Å². The van der Waals surface area contributed by atoms with Crippen LogP contribution in [0.25, 0.3) is 0 Å². The summed E-state index contributed by atoms with van der Waals surface area (Å²) in [4.78, 5) is 5.55. The van der Waals surface area contributed by atoms with Crippen LogP contribution >= 0.6 is 11.3 Å². The second-order valence-corrected chi connectivity index (χ2v) is 7.44.